The molecule has 108 valence electrons. The summed E-state index contributed by atoms with van der Waals surface area (Å²) >= 11 is 3.51. The highest BCUT2D eigenvalue weighted by Gasteiger charge is 2.31. The number of rotatable bonds is 3. The Bertz CT molecular complexity index is 653. The van der Waals surface area contributed by atoms with Crippen molar-refractivity contribution in [3.8, 4) is 0 Å². The SMILES string of the molecule is CCSc1nnc(NN)c2c3c(sc12)CC(C)(C)OC3. The standard InChI is InChI=1S/C13H18N4OS2/c1-4-19-12-10-9(11(15-14)16-17-12)7-6-18-13(2,3)5-8(7)20-10/h4-6,14H2,1-3H3,(H,15,16). The summed E-state index contributed by atoms with van der Waals surface area (Å²) in [7, 11) is 0. The molecule has 0 bridgehead atoms. The first kappa shape index (κ1) is 14.1. The quantitative estimate of drug-likeness (QED) is 0.516. The molecule has 0 amide bonds. The number of nitrogens with one attached hydrogen (secondary N) is 1. The predicted octanol–water partition coefficient (Wildman–Crippen LogP) is 2.94. The summed E-state index contributed by atoms with van der Waals surface area (Å²) in [6.45, 7) is 6.98. The van der Waals surface area contributed by atoms with Gasteiger partial charge in [0.2, 0.25) is 0 Å². The second-order valence-electron chi connectivity index (χ2n) is 5.36. The number of anilines is 1. The number of hydrogen-bond donors (Lipinski definition) is 2. The van der Waals surface area contributed by atoms with Gasteiger partial charge in [-0.3, -0.25) is 0 Å². The molecule has 0 fully saturated rings. The Morgan fingerprint density at radius 1 is 1.45 bits per heavy atom. The van der Waals surface area contributed by atoms with Crippen LogP contribution in [0.3, 0.4) is 0 Å². The maximum atomic E-state index is 5.94. The summed E-state index contributed by atoms with van der Waals surface area (Å²) in [6, 6.07) is 0. The van der Waals surface area contributed by atoms with Crippen LogP contribution in [-0.4, -0.2) is 21.6 Å². The van der Waals surface area contributed by atoms with Crippen LogP contribution in [0.25, 0.3) is 10.1 Å². The molecule has 1 aliphatic heterocycles. The zero-order valence-electron chi connectivity index (χ0n) is 11.8. The van der Waals surface area contributed by atoms with E-state index in [0.717, 1.165) is 22.6 Å². The van der Waals surface area contributed by atoms with E-state index in [0.29, 0.717) is 12.4 Å². The minimum atomic E-state index is -0.108. The van der Waals surface area contributed by atoms with Crippen LogP contribution >= 0.6 is 23.1 Å². The third-order valence-corrected chi connectivity index (χ3v) is 5.59. The van der Waals surface area contributed by atoms with E-state index in [2.05, 4.69) is 36.4 Å². The molecule has 0 unspecified atom stereocenters. The highest BCUT2D eigenvalue weighted by molar-refractivity contribution is 7.99. The van der Waals surface area contributed by atoms with E-state index in [1.807, 2.05) is 0 Å². The van der Waals surface area contributed by atoms with Crippen molar-refractivity contribution in [3.05, 3.63) is 10.4 Å². The van der Waals surface area contributed by atoms with Gasteiger partial charge in [-0.25, -0.2) is 5.84 Å². The lowest BCUT2D eigenvalue weighted by Gasteiger charge is -2.30. The van der Waals surface area contributed by atoms with Gasteiger partial charge in [0.05, 0.1) is 16.9 Å². The molecule has 3 N–H and O–H groups in total. The lowest BCUT2D eigenvalue weighted by Crippen LogP contribution is -2.30. The summed E-state index contributed by atoms with van der Waals surface area (Å²) in [5.41, 5.74) is 3.77. The minimum Gasteiger partial charge on any atom is -0.370 e. The normalized spacial score (nSPS) is 17.2. The Balaban J connectivity index is 2.22. The van der Waals surface area contributed by atoms with Crippen LogP contribution in [0, 0.1) is 0 Å². The zero-order chi connectivity index (χ0) is 14.3. The average Bonchev–Trinajstić information content (AvgIpc) is 2.76. The Kier molecular flexibility index (Phi) is 3.62. The zero-order valence-corrected chi connectivity index (χ0v) is 13.5. The average molecular weight is 310 g/mol. The minimum absolute atomic E-state index is 0.108. The van der Waals surface area contributed by atoms with Crippen molar-refractivity contribution in [3.63, 3.8) is 0 Å². The van der Waals surface area contributed by atoms with Crippen LogP contribution in [0.15, 0.2) is 5.03 Å². The summed E-state index contributed by atoms with van der Waals surface area (Å²) in [4.78, 5) is 1.36. The summed E-state index contributed by atoms with van der Waals surface area (Å²) in [6.07, 6.45) is 0.919. The van der Waals surface area contributed by atoms with Gasteiger partial charge in [-0.2, -0.15) is 0 Å². The first-order chi connectivity index (χ1) is 9.55. The number of nitrogens with two attached hydrogens (primary N) is 1. The van der Waals surface area contributed by atoms with E-state index in [-0.39, 0.29) is 5.60 Å². The number of thiophene rings is 1. The van der Waals surface area contributed by atoms with E-state index < -0.39 is 0 Å². The molecule has 3 rings (SSSR count). The number of hydrogen-bond acceptors (Lipinski definition) is 7. The number of nitrogens with zero attached hydrogens (tertiary/aromatic N) is 2. The summed E-state index contributed by atoms with van der Waals surface area (Å²) in [5.74, 6) is 7.21. The van der Waals surface area contributed by atoms with E-state index in [4.69, 9.17) is 10.6 Å². The first-order valence-electron chi connectivity index (χ1n) is 6.60. The molecular formula is C13H18N4OS2. The molecule has 2 aromatic rings. The molecule has 2 aromatic heterocycles. The fraction of sp³-hybridized carbons (Fsp3) is 0.538. The van der Waals surface area contributed by atoms with Crippen molar-refractivity contribution >= 4 is 39.0 Å². The van der Waals surface area contributed by atoms with Crippen LogP contribution in [0.4, 0.5) is 5.82 Å². The van der Waals surface area contributed by atoms with Crippen molar-refractivity contribution in [2.75, 3.05) is 11.2 Å². The Labute approximate surface area is 126 Å². The van der Waals surface area contributed by atoms with Crippen molar-refractivity contribution in [1.82, 2.24) is 10.2 Å². The van der Waals surface area contributed by atoms with Gasteiger partial charge in [-0.15, -0.1) is 33.3 Å². The molecule has 1 aliphatic rings. The van der Waals surface area contributed by atoms with E-state index in [1.54, 1.807) is 23.1 Å². The van der Waals surface area contributed by atoms with Crippen molar-refractivity contribution in [2.45, 2.75) is 44.4 Å². The van der Waals surface area contributed by atoms with Crippen LogP contribution in [0.1, 0.15) is 31.2 Å². The smallest absolute Gasteiger partial charge is 0.171 e. The Morgan fingerprint density at radius 3 is 2.95 bits per heavy atom. The topological polar surface area (TPSA) is 73.1 Å². The second-order valence-corrected chi connectivity index (χ2v) is 7.72. The molecule has 0 aromatic carbocycles. The van der Waals surface area contributed by atoms with Gasteiger partial charge in [0.1, 0.15) is 5.03 Å². The van der Waals surface area contributed by atoms with Crippen LogP contribution in [0.5, 0.6) is 0 Å². The van der Waals surface area contributed by atoms with E-state index >= 15 is 0 Å². The molecule has 3 heterocycles. The molecule has 0 saturated heterocycles. The number of ether oxygens (including phenoxy) is 1. The largest absolute Gasteiger partial charge is 0.370 e. The van der Waals surface area contributed by atoms with E-state index in [1.165, 1.54) is 15.1 Å². The first-order valence-corrected chi connectivity index (χ1v) is 8.40. The molecule has 7 heteroatoms. The van der Waals surface area contributed by atoms with Gasteiger partial charge in [0.25, 0.3) is 0 Å². The number of fused-ring (bicyclic) bond motifs is 3. The van der Waals surface area contributed by atoms with Gasteiger partial charge in [-0.05, 0) is 19.6 Å². The maximum absolute atomic E-state index is 5.94. The monoisotopic (exact) mass is 310 g/mol. The Morgan fingerprint density at radius 2 is 2.25 bits per heavy atom. The third-order valence-electron chi connectivity index (χ3n) is 3.37. The molecule has 0 saturated carbocycles. The second kappa shape index (κ2) is 5.14. The van der Waals surface area contributed by atoms with Crippen molar-refractivity contribution < 1.29 is 4.74 Å². The molecule has 0 spiro atoms. The van der Waals surface area contributed by atoms with E-state index in [9.17, 15) is 0 Å². The molecule has 0 atom stereocenters. The molecule has 5 nitrogen and oxygen atoms in total. The van der Waals surface area contributed by atoms with Crippen LogP contribution < -0.4 is 11.3 Å². The Hall–Kier alpha value is -0.890. The van der Waals surface area contributed by atoms with Gasteiger partial charge < -0.3 is 10.2 Å². The number of hydrazine groups is 1. The molecule has 0 radical (unpaired) electrons. The highest BCUT2D eigenvalue weighted by atomic mass is 32.2. The van der Waals surface area contributed by atoms with Crippen molar-refractivity contribution in [2.24, 2.45) is 5.84 Å². The number of aromatic nitrogens is 2. The third kappa shape index (κ3) is 2.28. The molecular weight excluding hydrogens is 292 g/mol. The van der Waals surface area contributed by atoms with Crippen LogP contribution in [-0.2, 0) is 17.8 Å². The van der Waals surface area contributed by atoms with Crippen molar-refractivity contribution in [1.29, 1.82) is 0 Å². The fourth-order valence-corrected chi connectivity index (χ4v) is 4.74. The van der Waals surface area contributed by atoms with Gasteiger partial charge in [0.15, 0.2) is 5.82 Å². The highest BCUT2D eigenvalue weighted by Crippen LogP contribution is 2.43. The summed E-state index contributed by atoms with van der Waals surface area (Å²) in [5, 5.41) is 10.6. The summed E-state index contributed by atoms with van der Waals surface area (Å²) < 4.78 is 7.11. The molecule has 20 heavy (non-hydrogen) atoms. The van der Waals surface area contributed by atoms with Gasteiger partial charge in [0, 0.05) is 22.2 Å². The number of nitrogen functional groups attached to an aromatic ring is 1. The lowest BCUT2D eigenvalue weighted by atomic mass is 9.97. The maximum Gasteiger partial charge on any atom is 0.171 e. The fourth-order valence-electron chi connectivity index (χ4n) is 2.44. The van der Waals surface area contributed by atoms with Gasteiger partial charge >= 0.3 is 0 Å². The lowest BCUT2D eigenvalue weighted by molar-refractivity contribution is -0.0382. The number of thioether (sulfide) groups is 1. The molecule has 0 aliphatic carbocycles. The van der Waals surface area contributed by atoms with Crippen LogP contribution in [0.2, 0.25) is 0 Å². The predicted molar refractivity (Wildman–Crippen MR) is 84.2 cm³/mol. The van der Waals surface area contributed by atoms with Gasteiger partial charge in [-0.1, -0.05) is 6.92 Å².